The van der Waals surface area contributed by atoms with Gasteiger partial charge in [0.25, 0.3) is 5.91 Å². The monoisotopic (exact) mass is 476 g/mol. The van der Waals surface area contributed by atoms with Crippen molar-refractivity contribution in [3.8, 4) is 5.75 Å². The summed E-state index contributed by atoms with van der Waals surface area (Å²) in [6, 6.07) is 12.5. The Bertz CT molecular complexity index is 1130. The van der Waals surface area contributed by atoms with Gasteiger partial charge in [-0.1, -0.05) is 12.8 Å². The van der Waals surface area contributed by atoms with Crippen LogP contribution in [0.3, 0.4) is 0 Å². The average Bonchev–Trinajstić information content (AvgIpc) is 3.61. The number of rotatable bonds is 9. The topological polar surface area (TPSA) is 114 Å². The largest absolute Gasteiger partial charge is 0.497 e. The van der Waals surface area contributed by atoms with Crippen LogP contribution >= 0.6 is 0 Å². The van der Waals surface area contributed by atoms with Gasteiger partial charge in [-0.2, -0.15) is 0 Å². The Labute approximate surface area is 203 Å². The lowest BCUT2D eigenvalue weighted by molar-refractivity contribution is -0.126. The van der Waals surface area contributed by atoms with Crippen molar-refractivity contribution in [1.29, 1.82) is 0 Å². The number of aromatic nitrogens is 1. The van der Waals surface area contributed by atoms with Gasteiger partial charge in [0.05, 0.1) is 19.9 Å². The highest BCUT2D eigenvalue weighted by Gasteiger charge is 2.34. The fourth-order valence-electron chi connectivity index (χ4n) is 4.23. The minimum atomic E-state index is -0.958. The summed E-state index contributed by atoms with van der Waals surface area (Å²) in [7, 11) is 1.55. The van der Waals surface area contributed by atoms with Gasteiger partial charge in [-0.05, 0) is 66.9 Å². The van der Waals surface area contributed by atoms with E-state index in [-0.39, 0.29) is 24.3 Å². The van der Waals surface area contributed by atoms with Crippen LogP contribution in [-0.4, -0.2) is 42.4 Å². The summed E-state index contributed by atoms with van der Waals surface area (Å²) in [6.07, 6.45) is 8.49. The number of benzene rings is 1. The summed E-state index contributed by atoms with van der Waals surface area (Å²) >= 11 is 0. The van der Waals surface area contributed by atoms with Crippen molar-refractivity contribution in [3.05, 3.63) is 78.5 Å². The van der Waals surface area contributed by atoms with E-state index >= 15 is 0 Å². The van der Waals surface area contributed by atoms with Crippen LogP contribution in [0.4, 0.5) is 5.69 Å². The Morgan fingerprint density at radius 1 is 1.09 bits per heavy atom. The Morgan fingerprint density at radius 2 is 1.80 bits per heavy atom. The summed E-state index contributed by atoms with van der Waals surface area (Å²) in [5, 5.41) is 5.70. The number of furan rings is 1. The fraction of sp³-hybridized carbons (Fsp3) is 0.308. The number of amides is 3. The molecule has 2 aromatic heterocycles. The standard InChI is InChI=1S/C26H28N4O5/c1-34-21-10-8-20(9-11-21)30(23(31)17-28-25(32)22-7-4-16-35-22)24(18-12-14-27-15-13-18)26(33)29-19-5-2-3-6-19/h4,7-16,19,24H,2-3,5-6,17H2,1H3,(H,28,32)(H,29,33)/t24-/m1/s1. The average molecular weight is 477 g/mol. The lowest BCUT2D eigenvalue weighted by Crippen LogP contribution is -2.49. The molecule has 0 aliphatic heterocycles. The van der Waals surface area contributed by atoms with Gasteiger partial charge in [-0.3, -0.25) is 24.3 Å². The number of pyridine rings is 1. The molecule has 1 aliphatic carbocycles. The third kappa shape index (κ3) is 5.87. The zero-order chi connectivity index (χ0) is 24.6. The smallest absolute Gasteiger partial charge is 0.287 e. The zero-order valence-corrected chi connectivity index (χ0v) is 19.5. The van der Waals surface area contributed by atoms with E-state index in [9.17, 15) is 14.4 Å². The van der Waals surface area contributed by atoms with Crippen LogP contribution < -0.4 is 20.3 Å². The van der Waals surface area contributed by atoms with E-state index in [1.165, 1.54) is 17.2 Å². The van der Waals surface area contributed by atoms with Crippen LogP contribution in [0.1, 0.15) is 47.8 Å². The molecule has 1 saturated carbocycles. The van der Waals surface area contributed by atoms with Crippen molar-refractivity contribution >= 4 is 23.4 Å². The van der Waals surface area contributed by atoms with Crippen molar-refractivity contribution < 1.29 is 23.5 Å². The van der Waals surface area contributed by atoms with Crippen molar-refractivity contribution in [2.24, 2.45) is 0 Å². The molecule has 0 unspecified atom stereocenters. The second-order valence-corrected chi connectivity index (χ2v) is 8.29. The van der Waals surface area contributed by atoms with E-state index in [4.69, 9.17) is 9.15 Å². The van der Waals surface area contributed by atoms with E-state index in [1.807, 2.05) is 0 Å². The minimum absolute atomic E-state index is 0.0679. The molecular formula is C26H28N4O5. The van der Waals surface area contributed by atoms with Gasteiger partial charge in [0, 0.05) is 24.1 Å². The number of carbonyl (C=O) groups is 3. The molecule has 9 nitrogen and oxygen atoms in total. The predicted octanol–water partition coefficient (Wildman–Crippen LogP) is 3.25. The van der Waals surface area contributed by atoms with Crippen molar-refractivity contribution in [2.45, 2.75) is 37.8 Å². The molecule has 35 heavy (non-hydrogen) atoms. The highest BCUT2D eigenvalue weighted by Crippen LogP contribution is 2.30. The number of hydrogen-bond donors (Lipinski definition) is 2. The second kappa shape index (κ2) is 11.3. The molecule has 3 amide bonds. The molecule has 0 saturated heterocycles. The predicted molar refractivity (Wildman–Crippen MR) is 129 cm³/mol. The number of methoxy groups -OCH3 is 1. The first-order valence-electron chi connectivity index (χ1n) is 11.5. The van der Waals surface area contributed by atoms with Gasteiger partial charge < -0.3 is 19.8 Å². The molecule has 0 bridgehead atoms. The molecule has 1 fully saturated rings. The highest BCUT2D eigenvalue weighted by molar-refractivity contribution is 6.04. The summed E-state index contributed by atoms with van der Waals surface area (Å²) < 4.78 is 10.4. The minimum Gasteiger partial charge on any atom is -0.497 e. The first kappa shape index (κ1) is 24.0. The molecule has 9 heteroatoms. The molecule has 1 aliphatic rings. The van der Waals surface area contributed by atoms with Gasteiger partial charge in [-0.25, -0.2) is 0 Å². The summed E-state index contributed by atoms with van der Waals surface area (Å²) in [6.45, 7) is -0.330. The third-order valence-electron chi connectivity index (χ3n) is 5.99. The maximum Gasteiger partial charge on any atom is 0.287 e. The maximum atomic E-state index is 13.6. The van der Waals surface area contributed by atoms with Crippen LogP contribution in [0.5, 0.6) is 5.75 Å². The Hall–Kier alpha value is -4.14. The van der Waals surface area contributed by atoms with E-state index in [0.29, 0.717) is 17.0 Å². The molecule has 4 rings (SSSR count). The summed E-state index contributed by atoms with van der Waals surface area (Å²) in [5.74, 6) is -0.557. The number of anilines is 1. The van der Waals surface area contributed by atoms with Crippen molar-refractivity contribution in [3.63, 3.8) is 0 Å². The van der Waals surface area contributed by atoms with Gasteiger partial charge in [-0.15, -0.1) is 0 Å². The first-order chi connectivity index (χ1) is 17.1. The summed E-state index contributed by atoms with van der Waals surface area (Å²) in [4.78, 5) is 45.0. The normalized spacial score (nSPS) is 14.2. The SMILES string of the molecule is COc1ccc(N(C(=O)CNC(=O)c2ccco2)[C@@H](C(=O)NC2CCCC2)c2ccncc2)cc1. The van der Waals surface area contributed by atoms with Crippen LogP contribution in [-0.2, 0) is 9.59 Å². The first-order valence-corrected chi connectivity index (χ1v) is 11.5. The van der Waals surface area contributed by atoms with Crippen LogP contribution in [0.25, 0.3) is 0 Å². The molecule has 0 spiro atoms. The number of nitrogens with one attached hydrogen (secondary N) is 2. The molecule has 1 aromatic carbocycles. The number of carbonyl (C=O) groups excluding carboxylic acids is 3. The molecule has 3 aromatic rings. The number of ether oxygens (including phenoxy) is 1. The van der Waals surface area contributed by atoms with Crippen molar-refractivity contribution in [2.75, 3.05) is 18.6 Å². The third-order valence-corrected chi connectivity index (χ3v) is 5.99. The summed E-state index contributed by atoms with van der Waals surface area (Å²) in [5.41, 5.74) is 1.10. The molecule has 182 valence electrons. The quantitative estimate of drug-likeness (QED) is 0.490. The van der Waals surface area contributed by atoms with Crippen LogP contribution in [0.2, 0.25) is 0 Å². The van der Waals surface area contributed by atoms with Gasteiger partial charge >= 0.3 is 0 Å². The Kier molecular flexibility index (Phi) is 7.77. The zero-order valence-electron chi connectivity index (χ0n) is 19.5. The van der Waals surface area contributed by atoms with Gasteiger partial charge in [0.1, 0.15) is 11.8 Å². The van der Waals surface area contributed by atoms with Gasteiger partial charge in [0.15, 0.2) is 5.76 Å². The Balaban J connectivity index is 1.66. The lowest BCUT2D eigenvalue weighted by Gasteiger charge is -2.32. The van der Waals surface area contributed by atoms with Gasteiger partial charge in [0.2, 0.25) is 11.8 Å². The van der Waals surface area contributed by atoms with Crippen LogP contribution in [0.15, 0.2) is 71.6 Å². The molecule has 2 heterocycles. The Morgan fingerprint density at radius 3 is 2.43 bits per heavy atom. The molecule has 0 radical (unpaired) electrons. The van der Waals surface area contributed by atoms with E-state index in [1.54, 1.807) is 62.0 Å². The number of hydrogen-bond acceptors (Lipinski definition) is 6. The lowest BCUT2D eigenvalue weighted by atomic mass is 10.0. The molecule has 2 N–H and O–H groups in total. The van der Waals surface area contributed by atoms with Crippen molar-refractivity contribution in [1.82, 2.24) is 15.6 Å². The molecular weight excluding hydrogens is 448 g/mol. The highest BCUT2D eigenvalue weighted by atomic mass is 16.5. The van der Waals surface area contributed by atoms with E-state index in [0.717, 1.165) is 25.7 Å². The van der Waals surface area contributed by atoms with E-state index < -0.39 is 17.9 Å². The van der Waals surface area contributed by atoms with Crippen LogP contribution in [0, 0.1) is 0 Å². The molecule has 1 atom stereocenters. The van der Waals surface area contributed by atoms with E-state index in [2.05, 4.69) is 15.6 Å². The second-order valence-electron chi connectivity index (χ2n) is 8.29. The maximum absolute atomic E-state index is 13.6. The fourth-order valence-corrected chi connectivity index (χ4v) is 4.23. The number of nitrogens with zero attached hydrogens (tertiary/aromatic N) is 2.